The Morgan fingerprint density at radius 2 is 0.917 bits per heavy atom. The lowest BCUT2D eigenvalue weighted by Crippen LogP contribution is -1.98. The standard InChI is InChI=1S/C44H26N4/c45-27-29-16-22-43(48-42-15-6-3-12-37(42)39-25-30(28-46)17-23-44(39)48)38(24-29)32-20-18-31(19-21-32)33-8-7-9-34(26-33)47-40-13-4-1-10-35(40)36-11-2-5-14-41(36)47/h1-26H. The van der Waals surface area contributed by atoms with Crippen LogP contribution in [0.5, 0.6) is 0 Å². The Hall–Kier alpha value is -6.88. The molecule has 0 N–H and O–H groups in total. The molecule has 0 radical (unpaired) electrons. The zero-order chi connectivity index (χ0) is 32.2. The molecule has 9 rings (SSSR count). The minimum atomic E-state index is 0.601. The van der Waals surface area contributed by atoms with Crippen molar-refractivity contribution in [3.8, 4) is 45.8 Å². The van der Waals surface area contributed by atoms with Crippen molar-refractivity contribution in [1.82, 2.24) is 9.13 Å². The topological polar surface area (TPSA) is 57.4 Å². The molecule has 0 aliphatic rings. The highest BCUT2D eigenvalue weighted by Gasteiger charge is 2.17. The summed E-state index contributed by atoms with van der Waals surface area (Å²) in [6.07, 6.45) is 0. The Morgan fingerprint density at radius 1 is 0.375 bits per heavy atom. The zero-order valence-corrected chi connectivity index (χ0v) is 25.8. The Morgan fingerprint density at radius 3 is 1.58 bits per heavy atom. The van der Waals surface area contributed by atoms with Gasteiger partial charge in [0.05, 0.1) is 51.0 Å². The molecule has 48 heavy (non-hydrogen) atoms. The van der Waals surface area contributed by atoms with Crippen LogP contribution in [0.1, 0.15) is 11.1 Å². The van der Waals surface area contributed by atoms with Crippen molar-refractivity contribution >= 4 is 43.6 Å². The number of para-hydroxylation sites is 3. The maximum Gasteiger partial charge on any atom is 0.0991 e. The summed E-state index contributed by atoms with van der Waals surface area (Å²) in [4.78, 5) is 0. The third-order valence-electron chi connectivity index (χ3n) is 9.38. The second-order valence-corrected chi connectivity index (χ2v) is 12.0. The molecule has 2 aromatic heterocycles. The van der Waals surface area contributed by atoms with Crippen LogP contribution in [0, 0.1) is 22.7 Å². The predicted molar refractivity (Wildman–Crippen MR) is 195 cm³/mol. The van der Waals surface area contributed by atoms with Gasteiger partial charge in [-0.05, 0) is 83.4 Å². The van der Waals surface area contributed by atoms with Gasteiger partial charge in [-0.2, -0.15) is 10.5 Å². The van der Waals surface area contributed by atoms with Crippen molar-refractivity contribution in [2.45, 2.75) is 0 Å². The van der Waals surface area contributed by atoms with Crippen molar-refractivity contribution in [2.24, 2.45) is 0 Å². The summed E-state index contributed by atoms with van der Waals surface area (Å²) >= 11 is 0. The molecule has 0 bridgehead atoms. The molecule has 7 aromatic carbocycles. The second-order valence-electron chi connectivity index (χ2n) is 12.0. The Bertz CT molecular complexity index is 2750. The maximum absolute atomic E-state index is 9.87. The van der Waals surface area contributed by atoms with Gasteiger partial charge in [0, 0.05) is 32.8 Å². The minimum Gasteiger partial charge on any atom is -0.309 e. The van der Waals surface area contributed by atoms with Gasteiger partial charge in [-0.1, -0.05) is 91.0 Å². The van der Waals surface area contributed by atoms with E-state index in [1.54, 1.807) is 0 Å². The smallest absolute Gasteiger partial charge is 0.0991 e. The van der Waals surface area contributed by atoms with Crippen molar-refractivity contribution in [1.29, 1.82) is 10.5 Å². The number of nitrogens with zero attached hydrogens (tertiary/aromatic N) is 4. The molecular weight excluding hydrogens is 585 g/mol. The third-order valence-corrected chi connectivity index (χ3v) is 9.38. The van der Waals surface area contributed by atoms with Crippen molar-refractivity contribution in [3.05, 3.63) is 169 Å². The van der Waals surface area contributed by atoms with E-state index in [0.29, 0.717) is 11.1 Å². The second kappa shape index (κ2) is 10.9. The van der Waals surface area contributed by atoms with Gasteiger partial charge >= 0.3 is 0 Å². The fourth-order valence-corrected chi connectivity index (χ4v) is 7.20. The van der Waals surface area contributed by atoms with Gasteiger partial charge < -0.3 is 9.13 Å². The normalized spacial score (nSPS) is 11.3. The number of aromatic nitrogens is 2. The molecule has 9 aromatic rings. The van der Waals surface area contributed by atoms with E-state index < -0.39 is 0 Å². The van der Waals surface area contributed by atoms with Gasteiger partial charge in [0.25, 0.3) is 0 Å². The van der Waals surface area contributed by atoms with Crippen molar-refractivity contribution < 1.29 is 0 Å². The molecule has 4 heteroatoms. The summed E-state index contributed by atoms with van der Waals surface area (Å²) in [7, 11) is 0. The fourth-order valence-electron chi connectivity index (χ4n) is 7.20. The first-order valence-electron chi connectivity index (χ1n) is 15.9. The lowest BCUT2D eigenvalue weighted by molar-refractivity contribution is 1.18. The number of fused-ring (bicyclic) bond motifs is 6. The lowest BCUT2D eigenvalue weighted by atomic mass is 9.97. The van der Waals surface area contributed by atoms with Gasteiger partial charge in [0.2, 0.25) is 0 Å². The zero-order valence-electron chi connectivity index (χ0n) is 25.8. The van der Waals surface area contributed by atoms with E-state index in [2.05, 4.69) is 130 Å². The molecule has 0 aliphatic heterocycles. The molecule has 0 saturated heterocycles. The van der Waals surface area contributed by atoms with Crippen LogP contribution in [0.2, 0.25) is 0 Å². The van der Waals surface area contributed by atoms with Crippen LogP contribution in [0.4, 0.5) is 0 Å². The largest absolute Gasteiger partial charge is 0.309 e. The number of hydrogen-bond acceptors (Lipinski definition) is 2. The van der Waals surface area contributed by atoms with Gasteiger partial charge in [-0.25, -0.2) is 0 Å². The SMILES string of the molecule is N#Cc1ccc(-n2c3ccccc3c3cc(C#N)ccc32)c(-c2ccc(-c3cccc(-n4c5ccccc5c5ccccc54)c3)cc2)c1. The number of rotatable bonds is 4. The van der Waals surface area contributed by atoms with Crippen LogP contribution in [-0.2, 0) is 0 Å². The first kappa shape index (κ1) is 27.4. The average molecular weight is 611 g/mol. The van der Waals surface area contributed by atoms with Crippen LogP contribution in [-0.4, -0.2) is 9.13 Å². The van der Waals surface area contributed by atoms with Gasteiger partial charge in [-0.15, -0.1) is 0 Å². The van der Waals surface area contributed by atoms with Crippen LogP contribution in [0.25, 0.3) is 77.2 Å². The minimum absolute atomic E-state index is 0.601. The Kier molecular flexibility index (Phi) is 6.22. The first-order chi connectivity index (χ1) is 23.7. The molecule has 0 saturated carbocycles. The number of benzene rings is 7. The molecule has 0 spiro atoms. The molecule has 0 amide bonds. The molecule has 0 aliphatic carbocycles. The van der Waals surface area contributed by atoms with Gasteiger partial charge in [-0.3, -0.25) is 0 Å². The molecule has 4 nitrogen and oxygen atoms in total. The van der Waals surface area contributed by atoms with E-state index in [4.69, 9.17) is 0 Å². The van der Waals surface area contributed by atoms with E-state index in [-0.39, 0.29) is 0 Å². The molecule has 0 atom stereocenters. The van der Waals surface area contributed by atoms with Crippen LogP contribution in [0.3, 0.4) is 0 Å². The third kappa shape index (κ3) is 4.22. The summed E-state index contributed by atoms with van der Waals surface area (Å²) in [5, 5.41) is 24.1. The van der Waals surface area contributed by atoms with Crippen LogP contribution < -0.4 is 0 Å². The maximum atomic E-state index is 9.87. The molecular formula is C44H26N4. The summed E-state index contributed by atoms with van der Waals surface area (Å²) in [5.74, 6) is 0. The quantitative estimate of drug-likeness (QED) is 0.199. The van der Waals surface area contributed by atoms with E-state index >= 15 is 0 Å². The van der Waals surface area contributed by atoms with Crippen molar-refractivity contribution in [2.75, 3.05) is 0 Å². The first-order valence-corrected chi connectivity index (χ1v) is 15.9. The highest BCUT2D eigenvalue weighted by Crippen LogP contribution is 2.38. The summed E-state index contributed by atoms with van der Waals surface area (Å²) in [6.45, 7) is 0. The van der Waals surface area contributed by atoms with Crippen LogP contribution >= 0.6 is 0 Å². The van der Waals surface area contributed by atoms with E-state index in [1.807, 2.05) is 48.5 Å². The molecule has 2 heterocycles. The number of hydrogen-bond donors (Lipinski definition) is 0. The number of nitriles is 2. The van der Waals surface area contributed by atoms with E-state index in [0.717, 1.165) is 55.4 Å². The van der Waals surface area contributed by atoms with Gasteiger partial charge in [0.15, 0.2) is 0 Å². The monoisotopic (exact) mass is 610 g/mol. The van der Waals surface area contributed by atoms with Crippen molar-refractivity contribution in [3.63, 3.8) is 0 Å². The van der Waals surface area contributed by atoms with Crippen LogP contribution in [0.15, 0.2) is 158 Å². The van der Waals surface area contributed by atoms with Gasteiger partial charge in [0.1, 0.15) is 0 Å². The Balaban J connectivity index is 1.17. The fraction of sp³-hybridized carbons (Fsp3) is 0. The molecule has 222 valence electrons. The molecule has 0 unspecified atom stereocenters. The Labute approximate surface area is 277 Å². The highest BCUT2D eigenvalue weighted by molar-refractivity contribution is 6.11. The van der Waals surface area contributed by atoms with E-state index in [9.17, 15) is 10.5 Å². The lowest BCUT2D eigenvalue weighted by Gasteiger charge is -2.15. The predicted octanol–water partition coefficient (Wildman–Crippen LogP) is 11.0. The average Bonchev–Trinajstić information content (AvgIpc) is 3.67. The summed E-state index contributed by atoms with van der Waals surface area (Å²) < 4.78 is 4.58. The molecule has 0 fully saturated rings. The summed E-state index contributed by atoms with van der Waals surface area (Å²) in [6, 6.07) is 59.0. The summed E-state index contributed by atoms with van der Waals surface area (Å²) in [5.41, 5.74) is 12.0. The van der Waals surface area contributed by atoms with E-state index in [1.165, 1.54) is 21.8 Å². The highest BCUT2D eigenvalue weighted by atomic mass is 15.0.